The highest BCUT2D eigenvalue weighted by Crippen LogP contribution is 2.26. The third kappa shape index (κ3) is 4.04. The fraction of sp³-hybridized carbons (Fsp3) is 0.769. The quantitative estimate of drug-likeness (QED) is 0.823. The summed E-state index contributed by atoms with van der Waals surface area (Å²) in [6.45, 7) is 0.827. The van der Waals surface area contributed by atoms with Crippen LogP contribution in [-0.2, 0) is 7.05 Å². The van der Waals surface area contributed by atoms with Gasteiger partial charge in [-0.05, 0) is 12.3 Å². The predicted molar refractivity (Wildman–Crippen MR) is 70.9 cm³/mol. The third-order valence-corrected chi connectivity index (χ3v) is 3.62. The van der Waals surface area contributed by atoms with Crippen LogP contribution in [0.5, 0.6) is 0 Å². The van der Waals surface area contributed by atoms with Gasteiger partial charge in [0.05, 0.1) is 0 Å². The lowest BCUT2D eigenvalue weighted by molar-refractivity contribution is 0.320. The standard InChI is InChI=1S/C13H24N4/c1-17-8-7-13(16-17)15-10-12(14)9-11-5-3-2-4-6-11/h7-8,11-12H,2-6,9-10,14H2,1H3,(H,15,16). The summed E-state index contributed by atoms with van der Waals surface area (Å²) in [5, 5.41) is 7.58. The first-order valence-electron chi connectivity index (χ1n) is 6.73. The van der Waals surface area contributed by atoms with Crippen LogP contribution in [0.2, 0.25) is 0 Å². The van der Waals surface area contributed by atoms with E-state index >= 15 is 0 Å². The molecule has 4 nitrogen and oxygen atoms in total. The fourth-order valence-electron chi connectivity index (χ4n) is 2.68. The Bertz CT molecular complexity index is 328. The van der Waals surface area contributed by atoms with Gasteiger partial charge in [-0.3, -0.25) is 4.68 Å². The number of hydrogen-bond donors (Lipinski definition) is 2. The highest BCUT2D eigenvalue weighted by molar-refractivity contribution is 5.32. The van der Waals surface area contributed by atoms with Gasteiger partial charge in [-0.25, -0.2) is 0 Å². The summed E-state index contributed by atoms with van der Waals surface area (Å²) >= 11 is 0. The molecule has 1 atom stereocenters. The molecule has 1 heterocycles. The number of nitrogens with one attached hydrogen (secondary N) is 1. The normalized spacial score (nSPS) is 19.2. The van der Waals surface area contributed by atoms with E-state index in [-0.39, 0.29) is 6.04 Å². The van der Waals surface area contributed by atoms with Gasteiger partial charge in [-0.2, -0.15) is 5.10 Å². The maximum Gasteiger partial charge on any atom is 0.148 e. The molecule has 17 heavy (non-hydrogen) atoms. The van der Waals surface area contributed by atoms with E-state index in [0.717, 1.165) is 24.7 Å². The Morgan fingerprint density at radius 3 is 2.88 bits per heavy atom. The number of rotatable bonds is 5. The van der Waals surface area contributed by atoms with Crippen molar-refractivity contribution in [1.82, 2.24) is 9.78 Å². The van der Waals surface area contributed by atoms with Crippen molar-refractivity contribution in [3.63, 3.8) is 0 Å². The molecular formula is C13H24N4. The molecule has 1 aliphatic carbocycles. The zero-order valence-electron chi connectivity index (χ0n) is 10.7. The van der Waals surface area contributed by atoms with Crippen molar-refractivity contribution >= 4 is 5.82 Å². The summed E-state index contributed by atoms with van der Waals surface area (Å²) in [4.78, 5) is 0. The monoisotopic (exact) mass is 236 g/mol. The van der Waals surface area contributed by atoms with Crippen molar-refractivity contribution in [1.29, 1.82) is 0 Å². The number of anilines is 1. The minimum Gasteiger partial charge on any atom is -0.367 e. The van der Waals surface area contributed by atoms with E-state index in [1.807, 2.05) is 19.3 Å². The maximum atomic E-state index is 6.16. The second kappa shape index (κ2) is 6.05. The summed E-state index contributed by atoms with van der Waals surface area (Å²) in [6.07, 6.45) is 10.0. The minimum absolute atomic E-state index is 0.250. The summed E-state index contributed by atoms with van der Waals surface area (Å²) in [7, 11) is 1.92. The first-order valence-corrected chi connectivity index (χ1v) is 6.73. The topological polar surface area (TPSA) is 55.9 Å². The lowest BCUT2D eigenvalue weighted by Gasteiger charge is -2.24. The molecule has 0 saturated heterocycles. The Labute approximate surface area is 104 Å². The van der Waals surface area contributed by atoms with Crippen LogP contribution in [0, 0.1) is 5.92 Å². The second-order valence-corrected chi connectivity index (χ2v) is 5.26. The maximum absolute atomic E-state index is 6.16. The number of aromatic nitrogens is 2. The minimum atomic E-state index is 0.250. The van der Waals surface area contributed by atoms with Crippen LogP contribution < -0.4 is 11.1 Å². The zero-order chi connectivity index (χ0) is 12.1. The highest BCUT2D eigenvalue weighted by atomic mass is 15.3. The number of hydrogen-bond acceptors (Lipinski definition) is 3. The van der Waals surface area contributed by atoms with E-state index in [9.17, 15) is 0 Å². The number of aryl methyl sites for hydroxylation is 1. The van der Waals surface area contributed by atoms with Gasteiger partial charge in [0.1, 0.15) is 5.82 Å². The van der Waals surface area contributed by atoms with Crippen molar-refractivity contribution in [2.45, 2.75) is 44.6 Å². The largest absolute Gasteiger partial charge is 0.367 e. The van der Waals surface area contributed by atoms with Crippen LogP contribution >= 0.6 is 0 Å². The van der Waals surface area contributed by atoms with Crippen LogP contribution in [0.3, 0.4) is 0 Å². The van der Waals surface area contributed by atoms with E-state index in [1.165, 1.54) is 32.1 Å². The lowest BCUT2D eigenvalue weighted by atomic mass is 9.85. The number of nitrogens with zero attached hydrogens (tertiary/aromatic N) is 2. The van der Waals surface area contributed by atoms with E-state index in [1.54, 1.807) is 4.68 Å². The Hall–Kier alpha value is -1.03. The first-order chi connectivity index (χ1) is 8.24. The molecule has 0 aromatic carbocycles. The van der Waals surface area contributed by atoms with Gasteiger partial charge >= 0.3 is 0 Å². The molecule has 1 aliphatic rings. The van der Waals surface area contributed by atoms with Crippen molar-refractivity contribution in [3.8, 4) is 0 Å². The van der Waals surface area contributed by atoms with Crippen LogP contribution in [0.1, 0.15) is 38.5 Å². The third-order valence-electron chi connectivity index (χ3n) is 3.62. The summed E-state index contributed by atoms with van der Waals surface area (Å²) in [5.41, 5.74) is 6.16. The molecule has 4 heteroatoms. The number of nitrogens with two attached hydrogens (primary N) is 1. The molecular weight excluding hydrogens is 212 g/mol. The Morgan fingerprint density at radius 1 is 1.47 bits per heavy atom. The highest BCUT2D eigenvalue weighted by Gasteiger charge is 2.16. The van der Waals surface area contributed by atoms with E-state index in [4.69, 9.17) is 5.73 Å². The average Bonchev–Trinajstić information content (AvgIpc) is 2.74. The molecule has 1 aromatic rings. The lowest BCUT2D eigenvalue weighted by Crippen LogP contribution is -2.32. The molecule has 1 unspecified atom stereocenters. The SMILES string of the molecule is Cn1ccc(NCC(N)CC2CCCCC2)n1. The molecule has 96 valence electrons. The van der Waals surface area contributed by atoms with Crippen LogP contribution in [0.25, 0.3) is 0 Å². The first kappa shape index (κ1) is 12.4. The van der Waals surface area contributed by atoms with Gasteiger partial charge in [0.2, 0.25) is 0 Å². The van der Waals surface area contributed by atoms with E-state index < -0.39 is 0 Å². The van der Waals surface area contributed by atoms with Gasteiger partial charge < -0.3 is 11.1 Å². The molecule has 0 radical (unpaired) electrons. The summed E-state index contributed by atoms with van der Waals surface area (Å²) in [6, 6.07) is 2.23. The second-order valence-electron chi connectivity index (χ2n) is 5.26. The Morgan fingerprint density at radius 2 is 2.24 bits per heavy atom. The van der Waals surface area contributed by atoms with Crippen molar-refractivity contribution in [2.75, 3.05) is 11.9 Å². The van der Waals surface area contributed by atoms with Crippen molar-refractivity contribution < 1.29 is 0 Å². The molecule has 0 amide bonds. The smallest absolute Gasteiger partial charge is 0.148 e. The Balaban J connectivity index is 1.68. The van der Waals surface area contributed by atoms with Crippen LogP contribution in [0.15, 0.2) is 12.3 Å². The molecule has 1 saturated carbocycles. The molecule has 0 aliphatic heterocycles. The Kier molecular flexibility index (Phi) is 4.42. The van der Waals surface area contributed by atoms with Gasteiger partial charge in [-0.1, -0.05) is 32.1 Å². The molecule has 3 N–H and O–H groups in total. The van der Waals surface area contributed by atoms with Crippen molar-refractivity contribution in [2.24, 2.45) is 18.7 Å². The van der Waals surface area contributed by atoms with Gasteiger partial charge in [0, 0.05) is 31.9 Å². The summed E-state index contributed by atoms with van der Waals surface area (Å²) < 4.78 is 1.80. The molecule has 0 bridgehead atoms. The van der Waals surface area contributed by atoms with E-state index in [2.05, 4.69) is 10.4 Å². The average molecular weight is 236 g/mol. The van der Waals surface area contributed by atoms with Crippen molar-refractivity contribution in [3.05, 3.63) is 12.3 Å². The van der Waals surface area contributed by atoms with Gasteiger partial charge in [0.15, 0.2) is 0 Å². The van der Waals surface area contributed by atoms with Gasteiger partial charge in [-0.15, -0.1) is 0 Å². The van der Waals surface area contributed by atoms with Gasteiger partial charge in [0.25, 0.3) is 0 Å². The molecule has 2 rings (SSSR count). The fourth-order valence-corrected chi connectivity index (χ4v) is 2.68. The predicted octanol–water partition coefficient (Wildman–Crippen LogP) is 2.13. The van der Waals surface area contributed by atoms with Crippen LogP contribution in [0.4, 0.5) is 5.82 Å². The molecule has 1 aromatic heterocycles. The summed E-state index contributed by atoms with van der Waals surface area (Å²) in [5.74, 6) is 1.77. The zero-order valence-corrected chi connectivity index (χ0v) is 10.7. The van der Waals surface area contributed by atoms with E-state index in [0.29, 0.717) is 0 Å². The molecule has 0 spiro atoms. The van der Waals surface area contributed by atoms with Crippen LogP contribution in [-0.4, -0.2) is 22.4 Å². The molecule has 1 fully saturated rings.